The van der Waals surface area contributed by atoms with Crippen molar-refractivity contribution in [1.82, 2.24) is 14.9 Å². The predicted molar refractivity (Wildman–Crippen MR) is 154 cm³/mol. The maximum atomic E-state index is 12.8. The fourth-order valence-electron chi connectivity index (χ4n) is 5.67. The molecule has 12 nitrogen and oxygen atoms in total. The second kappa shape index (κ2) is 14.1. The molecule has 2 fully saturated rings. The van der Waals surface area contributed by atoms with Crippen molar-refractivity contribution in [3.8, 4) is 0 Å². The van der Waals surface area contributed by atoms with E-state index in [9.17, 15) is 27.6 Å². The van der Waals surface area contributed by atoms with E-state index in [0.29, 0.717) is 0 Å². The van der Waals surface area contributed by atoms with Crippen LogP contribution in [0.4, 0.5) is 13.2 Å². The maximum absolute atomic E-state index is 12.8. The highest BCUT2D eigenvalue weighted by molar-refractivity contribution is 6.84. The number of halogens is 3. The summed E-state index contributed by atoms with van der Waals surface area (Å²) in [7, 11) is -6.00. The molecule has 2 aliphatic rings. The van der Waals surface area contributed by atoms with Crippen LogP contribution in [0.15, 0.2) is 21.9 Å². The second-order valence-corrected chi connectivity index (χ2v) is 20.9. The predicted octanol–water partition coefficient (Wildman–Crippen LogP) is 3.43. The molecule has 2 N–H and O–H groups in total. The number of amides is 1. The number of rotatable bonds is 11. The first-order valence-corrected chi connectivity index (χ1v) is 18.4. The van der Waals surface area contributed by atoms with Crippen LogP contribution in [0.25, 0.3) is 0 Å². The fourth-order valence-corrected chi connectivity index (χ4v) is 16.9. The second-order valence-electron chi connectivity index (χ2n) is 12.1. The lowest BCUT2D eigenvalue weighted by Crippen LogP contribution is -2.66. The van der Waals surface area contributed by atoms with Crippen molar-refractivity contribution >= 4 is 23.0 Å². The molecular weight excluding hydrogens is 611 g/mol. The molecule has 3 rings (SSSR count). The minimum atomic E-state index is -5.00. The van der Waals surface area contributed by atoms with Crippen molar-refractivity contribution < 1.29 is 45.1 Å². The Morgan fingerprint density at radius 3 is 2.21 bits per heavy atom. The standard InChI is InChI=1S/C26H44F3N3O9Si2/c1-15(2)42(16(3)4)38-13-19-21(40-43(41-42,17(5)6)18(7)8)22(23(39-19)32-11-9-20(33)31-25(32)35)37-14-36-12-10-30-24(34)26(27,28)29/h9,11,15-19,21-23H,10,12-14H2,1-8H3,(H,30,34)(H,31,33,35)/t19-,21-,22-,23-/m1/s1. The number of H-pyrrole nitrogens is 1. The van der Waals surface area contributed by atoms with E-state index in [0.717, 1.165) is 0 Å². The highest BCUT2D eigenvalue weighted by Crippen LogP contribution is 2.48. The molecule has 43 heavy (non-hydrogen) atoms. The number of fused-ring (bicyclic) bond motifs is 1. The Balaban J connectivity index is 1.95. The highest BCUT2D eigenvalue weighted by Gasteiger charge is 2.62. The number of alkyl halides is 3. The molecular formula is C26H44F3N3O9Si2. The molecule has 0 unspecified atom stereocenters. The lowest BCUT2D eigenvalue weighted by Gasteiger charge is -2.51. The van der Waals surface area contributed by atoms with E-state index >= 15 is 0 Å². The molecule has 1 amide bonds. The van der Waals surface area contributed by atoms with E-state index in [2.05, 4.69) is 60.4 Å². The maximum Gasteiger partial charge on any atom is 0.471 e. The van der Waals surface area contributed by atoms with Gasteiger partial charge in [0.25, 0.3) is 5.56 Å². The summed E-state index contributed by atoms with van der Waals surface area (Å²) in [5.74, 6) is -2.07. The molecule has 1 aromatic rings. The van der Waals surface area contributed by atoms with Crippen LogP contribution >= 0.6 is 0 Å². The largest absolute Gasteiger partial charge is 0.471 e. The first-order chi connectivity index (χ1) is 20.0. The smallest absolute Gasteiger partial charge is 0.414 e. The average molecular weight is 656 g/mol. The Bertz CT molecular complexity index is 1190. The molecule has 0 aromatic carbocycles. The van der Waals surface area contributed by atoms with Crippen LogP contribution in [0.1, 0.15) is 61.6 Å². The van der Waals surface area contributed by atoms with Gasteiger partial charge in [-0.1, -0.05) is 55.4 Å². The van der Waals surface area contributed by atoms with Gasteiger partial charge in [-0.25, -0.2) is 4.79 Å². The molecule has 3 heterocycles. The molecule has 0 aliphatic carbocycles. The zero-order chi connectivity index (χ0) is 32.3. The number of nitrogens with one attached hydrogen (secondary N) is 2. The van der Waals surface area contributed by atoms with Gasteiger partial charge in [0.15, 0.2) is 6.23 Å². The minimum absolute atomic E-state index is 0.0109. The topological polar surface area (TPSA) is 139 Å². The van der Waals surface area contributed by atoms with Crippen LogP contribution in [0.3, 0.4) is 0 Å². The van der Waals surface area contributed by atoms with Gasteiger partial charge in [-0.05, 0) is 22.2 Å². The van der Waals surface area contributed by atoms with Gasteiger partial charge in [-0.2, -0.15) is 13.2 Å². The number of hydrogen-bond acceptors (Lipinski definition) is 9. The molecule has 17 heteroatoms. The van der Waals surface area contributed by atoms with Crippen LogP contribution in [0.5, 0.6) is 0 Å². The van der Waals surface area contributed by atoms with Gasteiger partial charge in [-0.15, -0.1) is 0 Å². The van der Waals surface area contributed by atoms with Gasteiger partial charge in [-0.3, -0.25) is 19.1 Å². The molecule has 4 atom stereocenters. The van der Waals surface area contributed by atoms with E-state index in [1.54, 1.807) is 5.32 Å². The van der Waals surface area contributed by atoms with Crippen LogP contribution in [-0.4, -0.2) is 83.6 Å². The molecule has 0 spiro atoms. The first kappa shape index (κ1) is 35.6. The summed E-state index contributed by atoms with van der Waals surface area (Å²) >= 11 is 0. The highest BCUT2D eigenvalue weighted by atomic mass is 28.5. The van der Waals surface area contributed by atoms with E-state index in [4.69, 9.17) is 27.2 Å². The van der Waals surface area contributed by atoms with Crippen molar-refractivity contribution in [3.05, 3.63) is 33.1 Å². The quantitative estimate of drug-likeness (QED) is 0.209. The Morgan fingerprint density at radius 2 is 1.67 bits per heavy atom. The summed E-state index contributed by atoms with van der Waals surface area (Å²) in [5.41, 5.74) is -1.15. The van der Waals surface area contributed by atoms with Crippen LogP contribution in [0, 0.1) is 0 Å². The molecule has 0 saturated carbocycles. The third kappa shape index (κ3) is 7.69. The van der Waals surface area contributed by atoms with Gasteiger partial charge in [0.2, 0.25) is 0 Å². The number of ether oxygens (including phenoxy) is 3. The van der Waals surface area contributed by atoms with E-state index in [1.165, 1.54) is 16.8 Å². The van der Waals surface area contributed by atoms with E-state index in [-0.39, 0.29) is 35.4 Å². The van der Waals surface area contributed by atoms with E-state index in [1.807, 2.05) is 0 Å². The number of carbonyl (C=O) groups is 1. The van der Waals surface area contributed by atoms with Crippen LogP contribution in [-0.2, 0) is 32.0 Å². The number of nitrogens with zero attached hydrogens (tertiary/aromatic N) is 1. The summed E-state index contributed by atoms with van der Waals surface area (Å²) in [4.78, 5) is 37.9. The Kier molecular flexibility index (Phi) is 11.6. The monoisotopic (exact) mass is 655 g/mol. The van der Waals surface area contributed by atoms with Gasteiger partial charge in [0.1, 0.15) is 25.1 Å². The van der Waals surface area contributed by atoms with Crippen molar-refractivity contribution in [2.45, 2.75) is 108 Å². The summed E-state index contributed by atoms with van der Waals surface area (Å²) in [6, 6.07) is 1.18. The number of hydrogen-bond donors (Lipinski definition) is 2. The molecule has 0 radical (unpaired) electrons. The molecule has 2 saturated heterocycles. The summed E-state index contributed by atoms with van der Waals surface area (Å²) in [6.45, 7) is 15.6. The first-order valence-electron chi connectivity index (χ1n) is 14.5. The van der Waals surface area contributed by atoms with Gasteiger partial charge in [0.05, 0.1) is 13.2 Å². The number of aromatic amines is 1. The van der Waals surface area contributed by atoms with Crippen molar-refractivity contribution in [2.24, 2.45) is 0 Å². The molecule has 1 aromatic heterocycles. The number of carbonyl (C=O) groups excluding carboxylic acids is 1. The Morgan fingerprint density at radius 1 is 1.07 bits per heavy atom. The van der Waals surface area contributed by atoms with Gasteiger partial charge < -0.3 is 32.5 Å². The van der Waals surface area contributed by atoms with Crippen molar-refractivity contribution in [1.29, 1.82) is 0 Å². The lowest BCUT2D eigenvalue weighted by molar-refractivity contribution is -0.174. The lowest BCUT2D eigenvalue weighted by atomic mass is 10.1. The zero-order valence-electron chi connectivity index (χ0n) is 25.9. The van der Waals surface area contributed by atoms with Crippen molar-refractivity contribution in [3.63, 3.8) is 0 Å². The number of aromatic nitrogens is 2. The zero-order valence-corrected chi connectivity index (χ0v) is 27.9. The fraction of sp³-hybridized carbons (Fsp3) is 0.808. The third-order valence-corrected chi connectivity index (χ3v) is 18.1. The normalized spacial score (nSPS) is 25.7. The average Bonchev–Trinajstić information content (AvgIpc) is 3.20. The van der Waals surface area contributed by atoms with Crippen LogP contribution in [0.2, 0.25) is 22.2 Å². The van der Waals surface area contributed by atoms with E-state index < -0.39 is 78.3 Å². The van der Waals surface area contributed by atoms with Gasteiger partial charge >= 0.3 is 34.9 Å². The Labute approximate surface area is 251 Å². The van der Waals surface area contributed by atoms with Gasteiger partial charge in [0, 0.05) is 18.8 Å². The minimum Gasteiger partial charge on any atom is -0.414 e. The Hall–Kier alpha value is -1.87. The summed E-state index contributed by atoms with van der Waals surface area (Å²) in [6.07, 6.45) is -7.18. The summed E-state index contributed by atoms with van der Waals surface area (Å²) in [5, 5.41) is 1.72. The summed E-state index contributed by atoms with van der Waals surface area (Å²) < 4.78 is 77.3. The van der Waals surface area contributed by atoms with Crippen LogP contribution < -0.4 is 16.6 Å². The molecule has 246 valence electrons. The third-order valence-electron chi connectivity index (χ3n) is 7.88. The van der Waals surface area contributed by atoms with Crippen molar-refractivity contribution in [2.75, 3.05) is 26.6 Å². The SMILES string of the molecule is CC(C)[Si]1(C(C)C)OC[C@H]2O[C@@H](n3ccc(=O)[nH]c3=O)[C@H](OCOCCNC(=O)C(F)(F)F)[C@@H]2O[Si](C(C)C)(C(C)C)O1. The molecule has 0 bridgehead atoms. The molecule has 2 aliphatic heterocycles.